The molecular formula is C12H14O8. The lowest BCUT2D eigenvalue weighted by Gasteiger charge is -2.36. The number of carboxylic acids is 4. The molecule has 0 aliphatic heterocycles. The average Bonchev–Trinajstić information content (AvgIpc) is 2.78. The predicted octanol–water partition coefficient (Wildman–Crippen LogP) is -0.0265. The maximum Gasteiger partial charge on any atom is 0.307 e. The van der Waals surface area contributed by atoms with E-state index in [1.165, 1.54) is 0 Å². The number of hydrogen-bond acceptors (Lipinski definition) is 4. The molecule has 0 heterocycles. The molecule has 2 rings (SSSR count). The summed E-state index contributed by atoms with van der Waals surface area (Å²) in [5.41, 5.74) is -1.28. The fourth-order valence-corrected chi connectivity index (χ4v) is 4.11. The number of carbonyl (C=O) groups is 4. The molecular weight excluding hydrogens is 272 g/mol. The first-order valence-electron chi connectivity index (χ1n) is 6.10. The topological polar surface area (TPSA) is 149 Å². The molecule has 0 aromatic carbocycles. The van der Waals surface area contributed by atoms with E-state index >= 15 is 0 Å². The molecule has 2 fully saturated rings. The van der Waals surface area contributed by atoms with Crippen molar-refractivity contribution in [3.63, 3.8) is 0 Å². The highest BCUT2D eigenvalue weighted by Gasteiger charge is 2.68. The molecule has 0 radical (unpaired) electrons. The molecule has 4 N–H and O–H groups in total. The van der Waals surface area contributed by atoms with Crippen molar-refractivity contribution in [2.75, 3.05) is 0 Å². The summed E-state index contributed by atoms with van der Waals surface area (Å²) in [5, 5.41) is 36.5. The second-order valence-electron chi connectivity index (χ2n) is 5.63. The van der Waals surface area contributed by atoms with Gasteiger partial charge < -0.3 is 20.4 Å². The second kappa shape index (κ2) is 4.46. The summed E-state index contributed by atoms with van der Waals surface area (Å²) < 4.78 is 0. The quantitative estimate of drug-likeness (QED) is 0.550. The Morgan fingerprint density at radius 1 is 0.900 bits per heavy atom. The molecule has 2 aliphatic carbocycles. The van der Waals surface area contributed by atoms with E-state index in [9.17, 15) is 29.4 Å². The minimum atomic E-state index is -1.37. The van der Waals surface area contributed by atoms with Gasteiger partial charge in [0.2, 0.25) is 0 Å². The predicted molar refractivity (Wildman–Crippen MR) is 60.8 cm³/mol. The Morgan fingerprint density at radius 2 is 1.50 bits per heavy atom. The molecule has 0 amide bonds. The molecule has 2 bridgehead atoms. The normalized spacial score (nSPS) is 38.6. The summed E-state index contributed by atoms with van der Waals surface area (Å²) in [6, 6.07) is 0. The Bertz CT molecular complexity index is 498. The number of carboxylic acid groups (broad SMARTS) is 4. The fraction of sp³-hybridized carbons (Fsp3) is 0.667. The van der Waals surface area contributed by atoms with Crippen LogP contribution in [0.15, 0.2) is 0 Å². The summed E-state index contributed by atoms with van der Waals surface area (Å²) >= 11 is 0. The Morgan fingerprint density at radius 3 is 1.90 bits per heavy atom. The van der Waals surface area contributed by atoms with Crippen molar-refractivity contribution in [1.82, 2.24) is 0 Å². The summed E-state index contributed by atoms with van der Waals surface area (Å²) in [7, 11) is 0. The van der Waals surface area contributed by atoms with Crippen molar-refractivity contribution in [3.8, 4) is 0 Å². The Labute approximate surface area is 113 Å². The van der Waals surface area contributed by atoms with E-state index in [2.05, 4.69) is 0 Å². The third kappa shape index (κ3) is 1.91. The van der Waals surface area contributed by atoms with E-state index in [4.69, 9.17) is 10.2 Å². The van der Waals surface area contributed by atoms with Crippen molar-refractivity contribution < 1.29 is 39.6 Å². The number of hydrogen-bond donors (Lipinski definition) is 4. The third-order valence-electron chi connectivity index (χ3n) is 4.64. The van der Waals surface area contributed by atoms with Crippen molar-refractivity contribution in [2.24, 2.45) is 29.1 Å². The summed E-state index contributed by atoms with van der Waals surface area (Å²) in [4.78, 5) is 44.8. The van der Waals surface area contributed by atoms with Gasteiger partial charge in [-0.25, -0.2) is 0 Å². The van der Waals surface area contributed by atoms with Crippen LogP contribution >= 0.6 is 0 Å². The third-order valence-corrected chi connectivity index (χ3v) is 4.64. The first kappa shape index (κ1) is 14.3. The van der Waals surface area contributed by atoms with E-state index < -0.39 is 59.4 Å². The van der Waals surface area contributed by atoms with Gasteiger partial charge in [0, 0.05) is 0 Å². The lowest BCUT2D eigenvalue weighted by molar-refractivity contribution is -0.165. The van der Waals surface area contributed by atoms with Gasteiger partial charge in [-0.15, -0.1) is 0 Å². The smallest absolute Gasteiger partial charge is 0.307 e. The zero-order valence-corrected chi connectivity index (χ0v) is 10.4. The van der Waals surface area contributed by atoms with Gasteiger partial charge in [0.15, 0.2) is 0 Å². The fourth-order valence-electron chi connectivity index (χ4n) is 4.11. The molecule has 2 saturated carbocycles. The molecule has 5 unspecified atom stereocenters. The Kier molecular flexibility index (Phi) is 3.19. The van der Waals surface area contributed by atoms with Crippen LogP contribution in [0, 0.1) is 29.1 Å². The second-order valence-corrected chi connectivity index (χ2v) is 5.63. The highest BCUT2D eigenvalue weighted by Crippen LogP contribution is 2.64. The number of aliphatic carboxylic acids is 4. The molecule has 110 valence electrons. The molecule has 2 aliphatic rings. The minimum Gasteiger partial charge on any atom is -0.481 e. The van der Waals surface area contributed by atoms with Gasteiger partial charge in [0.25, 0.3) is 0 Å². The summed E-state index contributed by atoms with van der Waals surface area (Å²) in [6.45, 7) is 0. The highest BCUT2D eigenvalue weighted by atomic mass is 16.4. The standard InChI is InChI=1S/C12H14O8/c13-6(14)3-12-1-4(5(2-12)9(15)16)7(10(17)18)8(12)11(19)20/h4-5,7-8H,1-3H2,(H,13,14)(H,15,16)(H,17,18)(H,19,20). The van der Waals surface area contributed by atoms with Crippen molar-refractivity contribution in [2.45, 2.75) is 19.3 Å². The maximum atomic E-state index is 11.4. The molecule has 0 aromatic heterocycles. The van der Waals surface area contributed by atoms with Gasteiger partial charge in [0.05, 0.1) is 24.2 Å². The first-order valence-corrected chi connectivity index (χ1v) is 6.10. The van der Waals surface area contributed by atoms with Crippen LogP contribution in [0.3, 0.4) is 0 Å². The molecule has 0 spiro atoms. The maximum absolute atomic E-state index is 11.4. The Balaban J connectivity index is 2.47. The van der Waals surface area contributed by atoms with Crippen molar-refractivity contribution >= 4 is 23.9 Å². The Hall–Kier alpha value is -2.12. The molecule has 0 saturated heterocycles. The average molecular weight is 286 g/mol. The lowest BCUT2D eigenvalue weighted by atomic mass is 9.65. The minimum absolute atomic E-state index is 0.0181. The van der Waals surface area contributed by atoms with Crippen LogP contribution in [0.4, 0.5) is 0 Å². The van der Waals surface area contributed by atoms with E-state index in [1.54, 1.807) is 0 Å². The summed E-state index contributed by atoms with van der Waals surface area (Å²) in [5.74, 6) is -9.70. The molecule has 20 heavy (non-hydrogen) atoms. The van der Waals surface area contributed by atoms with Crippen LogP contribution in [0.2, 0.25) is 0 Å². The largest absolute Gasteiger partial charge is 0.481 e. The van der Waals surface area contributed by atoms with Crippen LogP contribution < -0.4 is 0 Å². The highest BCUT2D eigenvalue weighted by molar-refractivity contribution is 5.85. The van der Waals surface area contributed by atoms with Crippen LogP contribution in [-0.2, 0) is 19.2 Å². The van der Waals surface area contributed by atoms with E-state index in [1.807, 2.05) is 0 Å². The van der Waals surface area contributed by atoms with Gasteiger partial charge >= 0.3 is 23.9 Å². The van der Waals surface area contributed by atoms with E-state index in [0.717, 1.165) is 0 Å². The number of rotatable bonds is 5. The van der Waals surface area contributed by atoms with Gasteiger partial charge in [0.1, 0.15) is 0 Å². The van der Waals surface area contributed by atoms with Crippen LogP contribution in [0.25, 0.3) is 0 Å². The van der Waals surface area contributed by atoms with Crippen LogP contribution in [0.5, 0.6) is 0 Å². The van der Waals surface area contributed by atoms with E-state index in [-0.39, 0.29) is 12.8 Å². The zero-order valence-electron chi connectivity index (χ0n) is 10.4. The number of fused-ring (bicyclic) bond motifs is 2. The zero-order chi connectivity index (χ0) is 15.2. The lowest BCUT2D eigenvalue weighted by Crippen LogP contribution is -2.45. The van der Waals surface area contributed by atoms with Gasteiger partial charge in [-0.05, 0) is 24.2 Å². The van der Waals surface area contributed by atoms with Crippen molar-refractivity contribution in [3.05, 3.63) is 0 Å². The van der Waals surface area contributed by atoms with Gasteiger partial charge in [-0.3, -0.25) is 19.2 Å². The van der Waals surface area contributed by atoms with Gasteiger partial charge in [-0.1, -0.05) is 0 Å². The molecule has 8 nitrogen and oxygen atoms in total. The molecule has 8 heteroatoms. The first-order chi connectivity index (χ1) is 9.19. The van der Waals surface area contributed by atoms with E-state index in [0.29, 0.717) is 0 Å². The summed E-state index contributed by atoms with van der Waals surface area (Å²) in [6.07, 6.45) is -0.599. The van der Waals surface area contributed by atoms with Gasteiger partial charge in [-0.2, -0.15) is 0 Å². The monoisotopic (exact) mass is 286 g/mol. The van der Waals surface area contributed by atoms with Crippen LogP contribution in [0.1, 0.15) is 19.3 Å². The SMILES string of the molecule is O=C(O)CC12CC(C(=O)O)C(C1)C(C(=O)O)C2C(=O)O. The molecule has 0 aromatic rings. The van der Waals surface area contributed by atoms with Crippen LogP contribution in [-0.4, -0.2) is 44.3 Å². The molecule has 5 atom stereocenters. The van der Waals surface area contributed by atoms with Crippen molar-refractivity contribution in [1.29, 1.82) is 0 Å².